The largest absolute Gasteiger partial charge is 0.492 e. The third-order valence-electron chi connectivity index (χ3n) is 2.74. The second-order valence-electron chi connectivity index (χ2n) is 3.68. The van der Waals surface area contributed by atoms with Crippen molar-refractivity contribution in [2.24, 2.45) is 5.73 Å². The van der Waals surface area contributed by atoms with Gasteiger partial charge in [-0.05, 0) is 6.07 Å². The van der Waals surface area contributed by atoms with Gasteiger partial charge in [0.15, 0.2) is 0 Å². The van der Waals surface area contributed by atoms with Crippen LogP contribution in [0.3, 0.4) is 0 Å². The van der Waals surface area contributed by atoms with Crippen LogP contribution < -0.4 is 10.5 Å². The van der Waals surface area contributed by atoms with Gasteiger partial charge in [-0.1, -0.05) is 23.7 Å². The normalized spacial score (nSPS) is 23.2. The van der Waals surface area contributed by atoms with E-state index in [2.05, 4.69) is 0 Å². The van der Waals surface area contributed by atoms with Gasteiger partial charge in [-0.2, -0.15) is 0 Å². The van der Waals surface area contributed by atoms with E-state index in [1.54, 1.807) is 18.2 Å². The monoisotopic (exact) mass is 241 g/mol. The Labute approximate surface area is 98.3 Å². The van der Waals surface area contributed by atoms with Gasteiger partial charge in [-0.15, -0.1) is 0 Å². The predicted molar refractivity (Wildman–Crippen MR) is 59.4 cm³/mol. The molecule has 1 aliphatic rings. The van der Waals surface area contributed by atoms with Crippen molar-refractivity contribution >= 4 is 17.6 Å². The molecule has 0 amide bonds. The van der Waals surface area contributed by atoms with Crippen LogP contribution in [0.4, 0.5) is 0 Å². The summed E-state index contributed by atoms with van der Waals surface area (Å²) in [5, 5.41) is 0.455. The highest BCUT2D eigenvalue weighted by Crippen LogP contribution is 2.40. The number of halogens is 1. The zero-order chi connectivity index (χ0) is 11.8. The lowest BCUT2D eigenvalue weighted by Gasteiger charge is -2.33. The standard InChI is InChI=1S/C11H12ClNO3/c1-15-10(14)11(13)5-6-16-9-7(11)3-2-4-8(9)12/h2-4H,5-6,13H2,1H3. The summed E-state index contributed by atoms with van der Waals surface area (Å²) in [6, 6.07) is 5.17. The van der Waals surface area contributed by atoms with E-state index in [9.17, 15) is 4.79 Å². The van der Waals surface area contributed by atoms with E-state index < -0.39 is 11.5 Å². The molecule has 0 spiro atoms. The van der Waals surface area contributed by atoms with Crippen molar-refractivity contribution in [3.8, 4) is 5.75 Å². The number of fused-ring (bicyclic) bond motifs is 1. The van der Waals surface area contributed by atoms with Crippen molar-refractivity contribution in [1.82, 2.24) is 0 Å². The molecule has 0 bridgehead atoms. The SMILES string of the molecule is COC(=O)C1(N)CCOc2c(Cl)cccc21. The van der Waals surface area contributed by atoms with E-state index >= 15 is 0 Å². The number of nitrogens with two attached hydrogens (primary N) is 1. The van der Waals surface area contributed by atoms with Gasteiger partial charge in [-0.3, -0.25) is 0 Å². The van der Waals surface area contributed by atoms with E-state index in [1.807, 2.05) is 0 Å². The maximum Gasteiger partial charge on any atom is 0.330 e. The molecule has 1 unspecified atom stereocenters. The van der Waals surface area contributed by atoms with Crippen LogP contribution in [0.5, 0.6) is 5.75 Å². The molecule has 0 aromatic heterocycles. The fourth-order valence-corrected chi connectivity index (χ4v) is 2.08. The molecule has 1 aromatic rings. The van der Waals surface area contributed by atoms with Crippen LogP contribution >= 0.6 is 11.6 Å². The molecule has 0 saturated carbocycles. The number of carbonyl (C=O) groups excluding carboxylic acids is 1. The van der Waals surface area contributed by atoms with Gasteiger partial charge < -0.3 is 15.2 Å². The summed E-state index contributed by atoms with van der Waals surface area (Å²) in [5.41, 5.74) is 5.50. The lowest BCUT2D eigenvalue weighted by atomic mass is 9.85. The number of hydrogen-bond donors (Lipinski definition) is 1. The van der Waals surface area contributed by atoms with E-state index in [0.717, 1.165) is 0 Å². The van der Waals surface area contributed by atoms with Crippen molar-refractivity contribution in [3.05, 3.63) is 28.8 Å². The molecule has 2 rings (SSSR count). The molecule has 0 radical (unpaired) electrons. The molecule has 1 heterocycles. The highest BCUT2D eigenvalue weighted by Gasteiger charge is 2.42. The van der Waals surface area contributed by atoms with Crippen molar-refractivity contribution in [2.45, 2.75) is 12.0 Å². The van der Waals surface area contributed by atoms with Crippen LogP contribution in [-0.2, 0) is 15.1 Å². The molecule has 0 aliphatic carbocycles. The smallest absolute Gasteiger partial charge is 0.330 e. The molecule has 0 saturated heterocycles. The molecule has 86 valence electrons. The zero-order valence-electron chi connectivity index (χ0n) is 8.83. The summed E-state index contributed by atoms with van der Waals surface area (Å²) in [6.07, 6.45) is 0.382. The van der Waals surface area contributed by atoms with Gasteiger partial charge in [0.05, 0.1) is 18.7 Å². The number of benzene rings is 1. The van der Waals surface area contributed by atoms with Gasteiger partial charge in [0, 0.05) is 12.0 Å². The highest BCUT2D eigenvalue weighted by atomic mass is 35.5. The molecule has 1 aliphatic heterocycles. The van der Waals surface area contributed by atoms with Crippen LogP contribution in [0.1, 0.15) is 12.0 Å². The van der Waals surface area contributed by atoms with E-state index in [0.29, 0.717) is 29.4 Å². The Morgan fingerprint density at radius 1 is 1.62 bits per heavy atom. The van der Waals surface area contributed by atoms with Crippen LogP contribution in [0.25, 0.3) is 0 Å². The first-order valence-electron chi connectivity index (χ1n) is 4.88. The summed E-state index contributed by atoms with van der Waals surface area (Å²) < 4.78 is 10.2. The minimum atomic E-state index is -1.16. The Morgan fingerprint density at radius 3 is 3.06 bits per heavy atom. The number of carbonyl (C=O) groups is 1. The fourth-order valence-electron chi connectivity index (χ4n) is 1.85. The number of hydrogen-bond acceptors (Lipinski definition) is 4. The first-order valence-corrected chi connectivity index (χ1v) is 5.26. The Kier molecular flexibility index (Phi) is 2.78. The summed E-state index contributed by atoms with van der Waals surface area (Å²) in [6.45, 7) is 0.350. The van der Waals surface area contributed by atoms with E-state index in [-0.39, 0.29) is 0 Å². The van der Waals surface area contributed by atoms with Gasteiger partial charge >= 0.3 is 5.97 Å². The third-order valence-corrected chi connectivity index (χ3v) is 3.04. The molecule has 2 N–H and O–H groups in total. The van der Waals surface area contributed by atoms with Crippen LogP contribution in [0.15, 0.2) is 18.2 Å². The molecular formula is C11H12ClNO3. The summed E-state index contributed by atoms with van der Waals surface area (Å²) in [7, 11) is 1.32. The summed E-state index contributed by atoms with van der Waals surface area (Å²) in [4.78, 5) is 11.7. The molecule has 0 fully saturated rings. The minimum Gasteiger partial charge on any atom is -0.492 e. The Bertz CT molecular complexity index is 435. The Hall–Kier alpha value is -1.26. The number of rotatable bonds is 1. The Morgan fingerprint density at radius 2 is 2.38 bits per heavy atom. The van der Waals surface area contributed by atoms with Crippen LogP contribution in [0.2, 0.25) is 5.02 Å². The highest BCUT2D eigenvalue weighted by molar-refractivity contribution is 6.32. The topological polar surface area (TPSA) is 61.5 Å². The second kappa shape index (κ2) is 3.96. The quantitative estimate of drug-likeness (QED) is 0.756. The van der Waals surface area contributed by atoms with Gasteiger partial charge in [-0.25, -0.2) is 4.79 Å². The summed E-state index contributed by atoms with van der Waals surface area (Å²) in [5.74, 6) is 0.00244. The number of para-hydroxylation sites is 1. The fraction of sp³-hybridized carbons (Fsp3) is 0.364. The Balaban J connectivity index is 2.56. The number of ether oxygens (including phenoxy) is 2. The van der Waals surface area contributed by atoms with Crippen molar-refractivity contribution < 1.29 is 14.3 Å². The molecule has 16 heavy (non-hydrogen) atoms. The maximum atomic E-state index is 11.7. The second-order valence-corrected chi connectivity index (χ2v) is 4.09. The summed E-state index contributed by atoms with van der Waals surface area (Å²) >= 11 is 5.98. The number of esters is 1. The predicted octanol–water partition coefficient (Wildman–Crippen LogP) is 1.45. The number of methoxy groups -OCH3 is 1. The first-order chi connectivity index (χ1) is 7.59. The van der Waals surface area contributed by atoms with Crippen molar-refractivity contribution in [2.75, 3.05) is 13.7 Å². The third kappa shape index (κ3) is 1.54. The van der Waals surface area contributed by atoms with Crippen molar-refractivity contribution in [1.29, 1.82) is 0 Å². The lowest BCUT2D eigenvalue weighted by molar-refractivity contribution is -0.148. The van der Waals surface area contributed by atoms with Crippen LogP contribution in [0, 0.1) is 0 Å². The van der Waals surface area contributed by atoms with E-state index in [4.69, 9.17) is 26.8 Å². The first kappa shape index (κ1) is 11.2. The van der Waals surface area contributed by atoms with Crippen molar-refractivity contribution in [3.63, 3.8) is 0 Å². The average molecular weight is 242 g/mol. The van der Waals surface area contributed by atoms with Gasteiger partial charge in [0.1, 0.15) is 11.3 Å². The molecule has 5 heteroatoms. The minimum absolute atomic E-state index is 0.350. The molecular weight excluding hydrogens is 230 g/mol. The lowest BCUT2D eigenvalue weighted by Crippen LogP contribution is -2.49. The average Bonchev–Trinajstić information content (AvgIpc) is 2.30. The van der Waals surface area contributed by atoms with Gasteiger partial charge in [0.2, 0.25) is 0 Å². The van der Waals surface area contributed by atoms with Crippen LogP contribution in [-0.4, -0.2) is 19.7 Å². The maximum absolute atomic E-state index is 11.7. The zero-order valence-corrected chi connectivity index (χ0v) is 9.58. The molecule has 1 atom stereocenters. The molecule has 1 aromatic carbocycles. The van der Waals surface area contributed by atoms with Gasteiger partial charge in [0.25, 0.3) is 0 Å². The van der Waals surface area contributed by atoms with E-state index in [1.165, 1.54) is 7.11 Å². The molecule has 4 nitrogen and oxygen atoms in total.